The molecule has 0 atom stereocenters. The Morgan fingerprint density at radius 2 is 0.658 bits per heavy atom. The molecule has 0 spiro atoms. The summed E-state index contributed by atoms with van der Waals surface area (Å²) in [5.74, 6) is 0. The van der Waals surface area contributed by atoms with Crippen LogP contribution in [0.5, 0.6) is 0 Å². The van der Waals surface area contributed by atoms with Gasteiger partial charge in [0.05, 0.1) is 22.7 Å². The number of para-hydroxylation sites is 4. The van der Waals surface area contributed by atoms with E-state index < -0.39 is 0 Å². The van der Waals surface area contributed by atoms with Gasteiger partial charge < -0.3 is 23.1 Å². The summed E-state index contributed by atoms with van der Waals surface area (Å²) in [5, 5.41) is 11.0. The molecule has 358 valence electrons. The highest BCUT2D eigenvalue weighted by Crippen LogP contribution is 2.52. The fourth-order valence-electron chi connectivity index (χ4n) is 11.5. The molecule has 0 aliphatic carbocycles. The lowest BCUT2D eigenvalue weighted by Crippen LogP contribution is -2.11. The summed E-state index contributed by atoms with van der Waals surface area (Å²) >= 11 is 0. The van der Waals surface area contributed by atoms with E-state index in [1.165, 1.54) is 33.4 Å². The molecule has 0 unspecified atom stereocenters. The number of rotatable bonds is 6. The van der Waals surface area contributed by atoms with Gasteiger partial charge in [-0.3, -0.25) is 0 Å². The summed E-state index contributed by atoms with van der Waals surface area (Å²) in [6.45, 7) is 22.2. The summed E-state index contributed by atoms with van der Waals surface area (Å²) in [5.41, 5.74) is 18.2. The molecule has 73 heavy (non-hydrogen) atoms. The number of hydrogen-bond acceptors (Lipinski definition) is 5. The van der Waals surface area contributed by atoms with Crippen LogP contribution in [-0.4, -0.2) is 0 Å². The van der Waals surface area contributed by atoms with Gasteiger partial charge in [0.15, 0.2) is 11.2 Å². The minimum Gasteiger partial charge on any atom is -0.456 e. The second kappa shape index (κ2) is 16.1. The second-order valence-electron chi connectivity index (χ2n) is 22.3. The number of fused-ring (bicyclic) bond motifs is 13. The number of anilines is 6. The molecule has 5 nitrogen and oxygen atoms in total. The van der Waals surface area contributed by atoms with Gasteiger partial charge in [0.2, 0.25) is 0 Å². The topological polar surface area (TPSA) is 45.9 Å². The number of benzene rings is 10. The van der Waals surface area contributed by atoms with Gasteiger partial charge in [0.1, 0.15) is 22.3 Å². The van der Waals surface area contributed by atoms with Crippen LogP contribution in [0.4, 0.5) is 34.1 Å². The van der Waals surface area contributed by atoms with E-state index >= 15 is 0 Å². The Balaban J connectivity index is 1.10. The third kappa shape index (κ3) is 6.89. The van der Waals surface area contributed by atoms with Crippen LogP contribution in [-0.2, 0) is 10.8 Å². The third-order valence-corrected chi connectivity index (χ3v) is 15.5. The Bertz CT molecular complexity index is 4130. The summed E-state index contributed by atoms with van der Waals surface area (Å²) in [6, 6.07) is 61.8. The molecule has 0 aliphatic rings. The van der Waals surface area contributed by atoms with Crippen LogP contribution in [0, 0.1) is 27.7 Å². The lowest BCUT2D eigenvalue weighted by molar-refractivity contribution is 0.572. The summed E-state index contributed by atoms with van der Waals surface area (Å²) in [4.78, 5) is 4.76. The largest absolute Gasteiger partial charge is 0.456 e. The maximum atomic E-state index is 7.36. The van der Waals surface area contributed by atoms with Crippen molar-refractivity contribution in [2.45, 2.75) is 80.1 Å². The molecule has 13 rings (SSSR count). The Morgan fingerprint density at radius 1 is 0.301 bits per heavy atom. The molecule has 0 bridgehead atoms. The molecule has 13 aromatic rings. The van der Waals surface area contributed by atoms with Crippen molar-refractivity contribution in [2.24, 2.45) is 0 Å². The third-order valence-electron chi connectivity index (χ3n) is 15.5. The zero-order chi connectivity index (χ0) is 50.2. The molecule has 0 aliphatic heterocycles. The van der Waals surface area contributed by atoms with Crippen LogP contribution in [0.1, 0.15) is 74.9 Å². The molecule has 0 fully saturated rings. The van der Waals surface area contributed by atoms with Gasteiger partial charge in [-0.1, -0.05) is 163 Å². The van der Waals surface area contributed by atoms with Gasteiger partial charge in [-0.25, -0.2) is 0 Å². The van der Waals surface area contributed by atoms with Crippen molar-refractivity contribution in [3.05, 3.63) is 203 Å². The van der Waals surface area contributed by atoms with Crippen molar-refractivity contribution < 1.29 is 13.3 Å². The first-order valence-electron chi connectivity index (χ1n) is 25.6. The highest BCUT2D eigenvalue weighted by molar-refractivity contribution is 6.30. The van der Waals surface area contributed by atoms with Crippen LogP contribution in [0.3, 0.4) is 0 Å². The number of hydrogen-bond donors (Lipinski definition) is 0. The van der Waals surface area contributed by atoms with Gasteiger partial charge in [-0.2, -0.15) is 0 Å². The van der Waals surface area contributed by atoms with E-state index in [1.54, 1.807) is 0 Å². The fraction of sp³-hybridized carbons (Fsp3) is 0.176. The van der Waals surface area contributed by atoms with E-state index in [0.29, 0.717) is 0 Å². The quantitative estimate of drug-likeness (QED) is 0.166. The minimum absolute atomic E-state index is 0.110. The maximum Gasteiger partial charge on any atom is 0.159 e. The van der Waals surface area contributed by atoms with E-state index in [-0.39, 0.29) is 10.8 Å². The molecule has 0 radical (unpaired) electrons. The van der Waals surface area contributed by atoms with Gasteiger partial charge in [-0.15, -0.1) is 0 Å². The van der Waals surface area contributed by atoms with E-state index in [4.69, 9.17) is 13.3 Å². The number of nitrogens with zero attached hydrogens (tertiary/aromatic N) is 2. The first-order chi connectivity index (χ1) is 35.1. The van der Waals surface area contributed by atoms with Gasteiger partial charge in [0.25, 0.3) is 0 Å². The van der Waals surface area contributed by atoms with Crippen molar-refractivity contribution in [3.63, 3.8) is 0 Å². The first-order valence-corrected chi connectivity index (χ1v) is 25.6. The standard InChI is InChI=1S/C68H58N2O3/c1-39-31-33-43(35-41(39)3)69(55-29-17-25-51-49-23-15-27-53(67(5,6)7)63(49)72-65(51)55)57-37-59-61(47-21-13-11-19-45(47)57)62-48-22-14-12-20-46(48)58(38-60(62)71-59)70(44-34-32-40(2)42(4)36-44)56-30-18-26-52-50-24-16-28-54(68(8,9)10)64(50)73-66(52)56/h11-38H,1-10H3. The Morgan fingerprint density at radius 3 is 1.04 bits per heavy atom. The monoisotopic (exact) mass is 950 g/mol. The van der Waals surface area contributed by atoms with Crippen LogP contribution in [0.25, 0.3) is 87.4 Å². The molecule has 3 heterocycles. The lowest BCUT2D eigenvalue weighted by Gasteiger charge is -2.28. The Labute approximate surface area is 425 Å². The van der Waals surface area contributed by atoms with Crippen LogP contribution >= 0.6 is 0 Å². The molecular weight excluding hydrogens is 893 g/mol. The van der Waals surface area contributed by atoms with Crippen molar-refractivity contribution in [1.82, 2.24) is 0 Å². The van der Waals surface area contributed by atoms with Crippen LogP contribution < -0.4 is 9.80 Å². The summed E-state index contributed by atoms with van der Waals surface area (Å²) in [6.07, 6.45) is 0. The highest BCUT2D eigenvalue weighted by atomic mass is 16.3. The van der Waals surface area contributed by atoms with E-state index in [0.717, 1.165) is 121 Å². The van der Waals surface area contributed by atoms with Crippen LogP contribution in [0.2, 0.25) is 0 Å². The van der Waals surface area contributed by atoms with Gasteiger partial charge in [-0.05, 0) is 108 Å². The Kier molecular flexibility index (Phi) is 9.86. The van der Waals surface area contributed by atoms with E-state index in [1.807, 2.05) is 0 Å². The summed E-state index contributed by atoms with van der Waals surface area (Å²) < 4.78 is 21.6. The molecule has 5 heteroatoms. The number of furan rings is 3. The van der Waals surface area contributed by atoms with E-state index in [9.17, 15) is 0 Å². The van der Waals surface area contributed by atoms with Gasteiger partial charge in [0, 0.05) is 77.7 Å². The number of aryl methyl sites for hydroxylation is 4. The minimum atomic E-state index is -0.110. The first kappa shape index (κ1) is 44.6. The van der Waals surface area contributed by atoms with E-state index in [2.05, 4.69) is 249 Å². The smallest absolute Gasteiger partial charge is 0.159 e. The molecule has 0 saturated heterocycles. The summed E-state index contributed by atoms with van der Waals surface area (Å²) in [7, 11) is 0. The molecule has 3 aromatic heterocycles. The normalized spacial score (nSPS) is 12.5. The predicted octanol–water partition coefficient (Wildman–Crippen LogP) is 20.5. The Hall–Kier alpha value is -8.28. The molecule has 0 saturated carbocycles. The van der Waals surface area contributed by atoms with Crippen molar-refractivity contribution in [1.29, 1.82) is 0 Å². The predicted molar refractivity (Wildman–Crippen MR) is 309 cm³/mol. The lowest BCUT2D eigenvalue weighted by atomic mass is 9.86. The van der Waals surface area contributed by atoms with Crippen molar-refractivity contribution >= 4 is 121 Å². The molecule has 0 N–H and O–H groups in total. The van der Waals surface area contributed by atoms with Crippen molar-refractivity contribution in [2.75, 3.05) is 9.80 Å². The average molecular weight is 951 g/mol. The molecular formula is C68H58N2O3. The SMILES string of the molecule is Cc1ccc(N(c2cc3oc4cc(N(c5ccc(C)c(C)c5)c5cccc6c5oc5c(C(C)(C)C)cccc56)c5ccccc5c4c3c3ccccc23)c2cccc3c2oc2c(C(C)(C)C)cccc23)cc1C. The molecule has 0 amide bonds. The highest BCUT2D eigenvalue weighted by Gasteiger charge is 2.29. The molecule has 10 aromatic carbocycles. The average Bonchev–Trinajstić information content (AvgIpc) is 4.08. The van der Waals surface area contributed by atoms with Crippen LogP contribution in [0.15, 0.2) is 183 Å². The van der Waals surface area contributed by atoms with Gasteiger partial charge >= 0.3 is 0 Å². The fourth-order valence-corrected chi connectivity index (χ4v) is 11.5. The maximum absolute atomic E-state index is 7.36. The second-order valence-corrected chi connectivity index (χ2v) is 22.3. The van der Waals surface area contributed by atoms with Crippen molar-refractivity contribution in [3.8, 4) is 0 Å². The zero-order valence-corrected chi connectivity index (χ0v) is 43.3. The zero-order valence-electron chi connectivity index (χ0n) is 43.3.